The SMILES string of the molecule is CC(C)(C)c1ccc(CNCCNS(=O)(=O)c2cc(C(F)(F)F)cc(C(F)(F)F)c2)cc1. The van der Waals surface area contributed by atoms with E-state index in [1.807, 2.05) is 29.0 Å². The largest absolute Gasteiger partial charge is 0.416 e. The maximum absolute atomic E-state index is 12.9. The number of benzene rings is 2. The third kappa shape index (κ3) is 7.21. The Labute approximate surface area is 183 Å². The lowest BCUT2D eigenvalue weighted by molar-refractivity contribution is -0.143. The predicted octanol–water partition coefficient (Wildman–Crippen LogP) is 5.09. The van der Waals surface area contributed by atoms with E-state index in [0.29, 0.717) is 6.54 Å². The second-order valence-corrected chi connectivity index (χ2v) is 10.0. The highest BCUT2D eigenvalue weighted by Gasteiger charge is 2.38. The van der Waals surface area contributed by atoms with Crippen LogP contribution in [0, 0.1) is 0 Å². The first-order valence-electron chi connectivity index (χ1n) is 9.59. The van der Waals surface area contributed by atoms with Gasteiger partial charge in [-0.25, -0.2) is 13.1 Å². The summed E-state index contributed by atoms with van der Waals surface area (Å²) in [5.41, 5.74) is -1.30. The summed E-state index contributed by atoms with van der Waals surface area (Å²) in [6, 6.07) is 8.03. The highest BCUT2D eigenvalue weighted by atomic mass is 32.2. The fourth-order valence-corrected chi connectivity index (χ4v) is 3.90. The lowest BCUT2D eigenvalue weighted by atomic mass is 9.87. The van der Waals surface area contributed by atoms with Crippen molar-refractivity contribution < 1.29 is 34.8 Å². The molecule has 0 atom stereocenters. The molecule has 0 bridgehead atoms. The van der Waals surface area contributed by atoms with Crippen LogP contribution in [-0.2, 0) is 34.3 Å². The van der Waals surface area contributed by atoms with Crippen molar-refractivity contribution in [3.05, 3.63) is 64.7 Å². The number of nitrogens with one attached hydrogen (secondary N) is 2. The molecule has 0 amide bonds. The lowest BCUT2D eigenvalue weighted by Crippen LogP contribution is -2.32. The van der Waals surface area contributed by atoms with E-state index in [2.05, 4.69) is 26.1 Å². The van der Waals surface area contributed by atoms with Crippen LogP contribution in [0.2, 0.25) is 0 Å². The Morgan fingerprint density at radius 3 is 1.69 bits per heavy atom. The van der Waals surface area contributed by atoms with Crippen molar-refractivity contribution >= 4 is 10.0 Å². The number of rotatable bonds is 7. The summed E-state index contributed by atoms with van der Waals surface area (Å²) in [5, 5.41) is 2.97. The van der Waals surface area contributed by atoms with Gasteiger partial charge < -0.3 is 5.32 Å². The highest BCUT2D eigenvalue weighted by Crippen LogP contribution is 2.37. The van der Waals surface area contributed by atoms with E-state index in [0.717, 1.165) is 11.1 Å². The zero-order chi connectivity index (χ0) is 24.4. The van der Waals surface area contributed by atoms with Gasteiger partial charge >= 0.3 is 12.4 Å². The molecule has 0 fully saturated rings. The maximum Gasteiger partial charge on any atom is 0.416 e. The van der Waals surface area contributed by atoms with Gasteiger partial charge in [-0.1, -0.05) is 45.0 Å². The standard InChI is InChI=1S/C21H24F6N2O2S/c1-19(2,3)15-6-4-14(5-7-15)13-28-8-9-29-32(30,31)18-11-16(20(22,23)24)10-17(12-18)21(25,26)27/h4-7,10-12,28-29H,8-9,13H2,1-3H3. The van der Waals surface area contributed by atoms with Gasteiger partial charge in [0, 0.05) is 19.6 Å². The molecule has 2 rings (SSSR count). The summed E-state index contributed by atoms with van der Waals surface area (Å²) < 4.78 is 104. The highest BCUT2D eigenvalue weighted by molar-refractivity contribution is 7.89. The van der Waals surface area contributed by atoms with Crippen LogP contribution in [0.25, 0.3) is 0 Å². The molecule has 0 aliphatic rings. The minimum atomic E-state index is -5.13. The molecule has 0 spiro atoms. The Bertz CT molecular complexity index is 992. The molecule has 0 aliphatic heterocycles. The van der Waals surface area contributed by atoms with Crippen LogP contribution in [-0.4, -0.2) is 21.5 Å². The van der Waals surface area contributed by atoms with Crippen molar-refractivity contribution in [2.24, 2.45) is 0 Å². The number of halogens is 6. The first kappa shape index (κ1) is 26.1. The molecule has 0 radical (unpaired) electrons. The van der Waals surface area contributed by atoms with E-state index in [1.165, 1.54) is 0 Å². The quantitative estimate of drug-likeness (QED) is 0.427. The monoisotopic (exact) mass is 482 g/mol. The average Bonchev–Trinajstić information content (AvgIpc) is 2.65. The molecule has 0 heterocycles. The molecule has 2 aromatic carbocycles. The molecule has 0 saturated carbocycles. The van der Waals surface area contributed by atoms with E-state index in [4.69, 9.17) is 0 Å². The summed E-state index contributed by atoms with van der Waals surface area (Å²) in [4.78, 5) is -1.10. The van der Waals surface area contributed by atoms with Gasteiger partial charge in [-0.05, 0) is 34.7 Å². The van der Waals surface area contributed by atoms with Crippen molar-refractivity contribution in [2.75, 3.05) is 13.1 Å². The molecule has 0 unspecified atom stereocenters. The number of hydrogen-bond acceptors (Lipinski definition) is 3. The molecule has 11 heteroatoms. The maximum atomic E-state index is 12.9. The second-order valence-electron chi connectivity index (χ2n) is 8.26. The molecule has 2 N–H and O–H groups in total. The molecule has 2 aromatic rings. The molecule has 4 nitrogen and oxygen atoms in total. The van der Waals surface area contributed by atoms with Crippen LogP contribution in [0.15, 0.2) is 47.4 Å². The lowest BCUT2D eigenvalue weighted by Gasteiger charge is -2.19. The first-order chi connectivity index (χ1) is 14.5. The number of sulfonamides is 1. The van der Waals surface area contributed by atoms with Gasteiger partial charge in [0.15, 0.2) is 0 Å². The zero-order valence-corrected chi connectivity index (χ0v) is 18.5. The smallest absolute Gasteiger partial charge is 0.311 e. The topological polar surface area (TPSA) is 58.2 Å². The minimum Gasteiger partial charge on any atom is -0.311 e. The van der Waals surface area contributed by atoms with Crippen molar-refractivity contribution in [2.45, 2.75) is 50.0 Å². The van der Waals surface area contributed by atoms with Crippen LogP contribution in [0.3, 0.4) is 0 Å². The van der Waals surface area contributed by atoms with Crippen LogP contribution < -0.4 is 10.0 Å². The third-order valence-corrected chi connectivity index (χ3v) is 6.05. The normalized spacial score (nSPS) is 13.4. The van der Waals surface area contributed by atoms with Crippen LogP contribution in [0.5, 0.6) is 0 Å². The van der Waals surface area contributed by atoms with Crippen LogP contribution in [0.1, 0.15) is 43.0 Å². The minimum absolute atomic E-state index is 0.000361. The Morgan fingerprint density at radius 1 is 0.750 bits per heavy atom. The molecular weight excluding hydrogens is 458 g/mol. The second kappa shape index (κ2) is 9.40. The summed E-state index contributed by atoms with van der Waals surface area (Å²) in [6.45, 7) is 6.54. The Morgan fingerprint density at radius 2 is 1.25 bits per heavy atom. The molecular formula is C21H24F6N2O2S. The molecule has 0 aliphatic carbocycles. The van der Waals surface area contributed by atoms with Gasteiger partial charge in [0.1, 0.15) is 0 Å². The van der Waals surface area contributed by atoms with Crippen molar-refractivity contribution in [3.8, 4) is 0 Å². The van der Waals surface area contributed by atoms with Crippen LogP contribution >= 0.6 is 0 Å². The summed E-state index contributed by atoms with van der Waals surface area (Å²) >= 11 is 0. The summed E-state index contributed by atoms with van der Waals surface area (Å²) in [6.07, 6.45) is -10.3. The Hall–Kier alpha value is -2.11. The van der Waals surface area contributed by atoms with Gasteiger partial charge in [-0.2, -0.15) is 26.3 Å². The van der Waals surface area contributed by atoms with Gasteiger partial charge in [0.2, 0.25) is 10.0 Å². The van der Waals surface area contributed by atoms with Gasteiger partial charge in [-0.3, -0.25) is 0 Å². The van der Waals surface area contributed by atoms with Crippen molar-refractivity contribution in [1.29, 1.82) is 0 Å². The van der Waals surface area contributed by atoms with E-state index in [-0.39, 0.29) is 36.7 Å². The molecule has 0 saturated heterocycles. The van der Waals surface area contributed by atoms with E-state index in [9.17, 15) is 34.8 Å². The van der Waals surface area contributed by atoms with Crippen LogP contribution in [0.4, 0.5) is 26.3 Å². The van der Waals surface area contributed by atoms with Gasteiger partial charge in [0.05, 0.1) is 16.0 Å². The van der Waals surface area contributed by atoms with E-state index >= 15 is 0 Å². The van der Waals surface area contributed by atoms with Gasteiger partial charge in [0.25, 0.3) is 0 Å². The average molecular weight is 482 g/mol. The van der Waals surface area contributed by atoms with Crippen molar-refractivity contribution in [1.82, 2.24) is 10.0 Å². The predicted molar refractivity (Wildman–Crippen MR) is 108 cm³/mol. The fraction of sp³-hybridized carbons (Fsp3) is 0.429. The molecule has 0 aromatic heterocycles. The molecule has 178 valence electrons. The molecule has 32 heavy (non-hydrogen) atoms. The van der Waals surface area contributed by atoms with E-state index < -0.39 is 38.4 Å². The van der Waals surface area contributed by atoms with E-state index in [1.54, 1.807) is 0 Å². The van der Waals surface area contributed by atoms with Crippen molar-refractivity contribution in [3.63, 3.8) is 0 Å². The zero-order valence-electron chi connectivity index (χ0n) is 17.7. The number of hydrogen-bond donors (Lipinski definition) is 2. The summed E-state index contributed by atoms with van der Waals surface area (Å²) in [7, 11) is -4.58. The first-order valence-corrected chi connectivity index (χ1v) is 11.1. The fourth-order valence-electron chi connectivity index (χ4n) is 2.79. The van der Waals surface area contributed by atoms with Gasteiger partial charge in [-0.15, -0.1) is 0 Å². The third-order valence-electron chi connectivity index (χ3n) is 4.61. The Balaban J connectivity index is 2.01. The summed E-state index contributed by atoms with van der Waals surface area (Å²) in [5.74, 6) is 0. The Kier molecular flexibility index (Phi) is 7.68. The number of alkyl halides is 6.